The van der Waals surface area contributed by atoms with E-state index in [0.29, 0.717) is 0 Å². The summed E-state index contributed by atoms with van der Waals surface area (Å²) in [6.07, 6.45) is 1.86. The maximum absolute atomic E-state index is 4.77. The quantitative estimate of drug-likeness (QED) is 0.143. The molecule has 0 amide bonds. The Labute approximate surface area is 309 Å². The summed E-state index contributed by atoms with van der Waals surface area (Å²) in [5.41, 5.74) is 13.4. The van der Waals surface area contributed by atoms with Crippen LogP contribution in [0.4, 0.5) is 22.7 Å². The summed E-state index contributed by atoms with van der Waals surface area (Å²) in [7, 11) is 6.20. The monoisotopic (exact) mass is 840 g/mol. The normalized spacial score (nSPS) is 11.2. The van der Waals surface area contributed by atoms with Crippen LogP contribution in [-0.4, -0.2) is 28.2 Å². The molecule has 51 heavy (non-hydrogen) atoms. The van der Waals surface area contributed by atoms with Gasteiger partial charge in [-0.05, 0) is 6.07 Å². The molecule has 6 heteroatoms. The van der Waals surface area contributed by atoms with Gasteiger partial charge in [-0.1, -0.05) is 0 Å². The Morgan fingerprint density at radius 3 is 1.86 bits per heavy atom. The van der Waals surface area contributed by atoms with Crippen molar-refractivity contribution in [2.24, 2.45) is 7.05 Å². The molecule has 0 aliphatic rings. The first-order valence-corrected chi connectivity index (χ1v) is 18.0. The summed E-state index contributed by atoms with van der Waals surface area (Å²) in [4.78, 5) is 9.18. The van der Waals surface area contributed by atoms with E-state index in [9.17, 15) is 0 Å². The van der Waals surface area contributed by atoms with E-state index in [1.54, 1.807) is 0 Å². The van der Waals surface area contributed by atoms with E-state index < -0.39 is 0 Å². The summed E-state index contributed by atoms with van der Waals surface area (Å²) in [6.45, 7) is 0. The standard InChI is InChI=1S/C45H35N5.Pt/c1-47(2)36-27-28-46-42(31-36)35-19-12-21-38(29-35)50(39-22-13-20-37(30-39)49-32-48(3)43-25-10-11-26-44(43)49)45-40(33-15-6-4-7-16-33)23-14-24-41(45)34-17-8-5-9-18-34;/h4-28,31H,1-3H3;/q-2;. The molecule has 0 unspecified atom stereocenters. The SMILES string of the molecule is CN(C)c1ccnc(-c2[c-]c(N(c3[c-]c(-n4[c](=[Pt])n(C)c5ccccc54)ccc3)c3c(-c4ccccc4)cccc3-c3ccccc3)ccc2)c1. The predicted molar refractivity (Wildman–Crippen MR) is 206 cm³/mol. The van der Waals surface area contributed by atoms with E-state index in [0.717, 1.165) is 76.8 Å². The fraction of sp³-hybridized carbons (Fsp3) is 0.0667. The Morgan fingerprint density at radius 1 is 0.608 bits per heavy atom. The van der Waals surface area contributed by atoms with Crippen molar-refractivity contribution >= 4 is 33.8 Å². The molecular weight excluding hydrogens is 806 g/mol. The Kier molecular flexibility index (Phi) is 8.81. The number of fused-ring (bicyclic) bond motifs is 1. The average molecular weight is 841 g/mol. The zero-order valence-corrected chi connectivity index (χ0v) is 30.8. The van der Waals surface area contributed by atoms with Gasteiger partial charge in [-0.3, -0.25) is 0 Å². The number of aromatic nitrogens is 3. The average Bonchev–Trinajstić information content (AvgIpc) is 3.44. The van der Waals surface area contributed by atoms with Crippen molar-refractivity contribution in [2.75, 3.05) is 23.9 Å². The minimum atomic E-state index is 0.862. The maximum atomic E-state index is 4.77. The fourth-order valence-corrected chi connectivity index (χ4v) is 7.46. The van der Waals surface area contributed by atoms with E-state index >= 15 is 0 Å². The summed E-state index contributed by atoms with van der Waals surface area (Å²) in [5.74, 6) is 0. The van der Waals surface area contributed by atoms with Gasteiger partial charge >= 0.3 is 286 Å². The third kappa shape index (κ3) is 6.15. The van der Waals surface area contributed by atoms with Crippen LogP contribution in [0.3, 0.4) is 0 Å². The number of anilines is 4. The number of imidazole rings is 1. The topological polar surface area (TPSA) is 29.2 Å². The molecule has 5 nitrogen and oxygen atoms in total. The van der Waals surface area contributed by atoms with Gasteiger partial charge in [0.1, 0.15) is 0 Å². The third-order valence-corrected chi connectivity index (χ3v) is 10.4. The number of nitrogens with zero attached hydrogens (tertiary/aromatic N) is 5. The Morgan fingerprint density at radius 2 is 1.20 bits per heavy atom. The van der Waals surface area contributed by atoms with Crippen molar-refractivity contribution in [1.82, 2.24) is 14.1 Å². The molecule has 0 aliphatic heterocycles. The van der Waals surface area contributed by atoms with Crippen LogP contribution in [0, 0.1) is 15.9 Å². The van der Waals surface area contributed by atoms with Gasteiger partial charge < -0.3 is 4.90 Å². The third-order valence-electron chi connectivity index (χ3n) is 9.14. The Hall–Kier alpha value is -5.77. The molecule has 2 heterocycles. The summed E-state index contributed by atoms with van der Waals surface area (Å²) in [6, 6.07) is 60.8. The number of hydrogen-bond acceptors (Lipinski definition) is 3. The summed E-state index contributed by atoms with van der Waals surface area (Å²) >= 11 is 2.41. The van der Waals surface area contributed by atoms with Crippen molar-refractivity contribution in [3.63, 3.8) is 0 Å². The van der Waals surface area contributed by atoms with E-state index in [1.165, 1.54) is 0 Å². The molecular formula is C45H35N5Pt-2. The van der Waals surface area contributed by atoms with Crippen LogP contribution >= 0.6 is 0 Å². The van der Waals surface area contributed by atoms with Crippen molar-refractivity contribution in [3.8, 4) is 39.2 Å². The number of para-hydroxylation sites is 3. The van der Waals surface area contributed by atoms with Gasteiger partial charge in [0, 0.05) is 14.1 Å². The molecule has 2 aromatic heterocycles. The van der Waals surface area contributed by atoms with Crippen LogP contribution in [0.25, 0.3) is 50.2 Å². The zero-order chi connectivity index (χ0) is 34.9. The molecule has 252 valence electrons. The van der Waals surface area contributed by atoms with Crippen LogP contribution in [0.15, 0.2) is 158 Å². The molecule has 8 aromatic rings. The molecule has 0 saturated heterocycles. The first-order chi connectivity index (χ1) is 25.0. The molecule has 0 N–H and O–H groups in total. The minimum absolute atomic E-state index is 0.862. The summed E-state index contributed by atoms with van der Waals surface area (Å²) < 4.78 is 5.59. The molecule has 6 aromatic carbocycles. The molecule has 8 rings (SSSR count). The molecule has 0 aliphatic carbocycles. The first kappa shape index (κ1) is 32.4. The Balaban J connectivity index is 1.42. The van der Waals surface area contributed by atoms with Gasteiger partial charge in [-0.15, -0.1) is 0 Å². The molecule has 0 spiro atoms. The number of aryl methyl sites for hydroxylation is 1. The second-order valence-corrected chi connectivity index (χ2v) is 13.6. The first-order valence-electron chi connectivity index (χ1n) is 16.8. The molecule has 0 radical (unpaired) electrons. The molecule has 0 fully saturated rings. The van der Waals surface area contributed by atoms with Crippen LogP contribution in [-0.2, 0) is 26.4 Å². The van der Waals surface area contributed by atoms with Crippen molar-refractivity contribution in [3.05, 3.63) is 174 Å². The molecule has 0 atom stereocenters. The van der Waals surface area contributed by atoms with E-state index in [1.807, 2.05) is 26.4 Å². The van der Waals surface area contributed by atoms with Crippen molar-refractivity contribution in [1.29, 1.82) is 0 Å². The number of benzene rings is 6. The second kappa shape index (κ2) is 13.9. The van der Waals surface area contributed by atoms with Crippen LogP contribution in [0.2, 0.25) is 0 Å². The van der Waals surface area contributed by atoms with E-state index in [-0.39, 0.29) is 0 Å². The number of pyridine rings is 1. The van der Waals surface area contributed by atoms with Gasteiger partial charge in [0.25, 0.3) is 0 Å². The fourth-order valence-electron chi connectivity index (χ4n) is 6.64. The number of hydrogen-bond donors (Lipinski definition) is 0. The van der Waals surface area contributed by atoms with Crippen molar-refractivity contribution in [2.45, 2.75) is 0 Å². The summed E-state index contributed by atoms with van der Waals surface area (Å²) in [5, 5.41) is 0. The van der Waals surface area contributed by atoms with Gasteiger partial charge in [-0.25, -0.2) is 0 Å². The molecule has 0 bridgehead atoms. The van der Waals surface area contributed by atoms with E-state index in [4.69, 9.17) is 4.98 Å². The zero-order valence-electron chi connectivity index (χ0n) is 28.6. The van der Waals surface area contributed by atoms with Gasteiger partial charge in [-0.2, -0.15) is 0 Å². The number of rotatable bonds is 8. The van der Waals surface area contributed by atoms with Gasteiger partial charge in [0.2, 0.25) is 0 Å². The van der Waals surface area contributed by atoms with E-state index in [2.05, 4.69) is 203 Å². The molecule has 0 saturated carbocycles. The van der Waals surface area contributed by atoms with Gasteiger partial charge in [0.15, 0.2) is 0 Å². The van der Waals surface area contributed by atoms with Gasteiger partial charge in [0.05, 0.1) is 0 Å². The van der Waals surface area contributed by atoms with Crippen LogP contribution in [0.5, 0.6) is 0 Å². The van der Waals surface area contributed by atoms with Crippen molar-refractivity contribution < 1.29 is 19.4 Å². The van der Waals surface area contributed by atoms with Crippen LogP contribution < -0.4 is 9.80 Å². The second-order valence-electron chi connectivity index (χ2n) is 12.6. The van der Waals surface area contributed by atoms with Crippen LogP contribution in [0.1, 0.15) is 0 Å². The predicted octanol–water partition coefficient (Wildman–Crippen LogP) is 10.6. The Bertz CT molecular complexity index is 2490.